The van der Waals surface area contributed by atoms with Crippen LogP contribution in [0.15, 0.2) is 36.4 Å². The van der Waals surface area contributed by atoms with Gasteiger partial charge < -0.3 is 10.0 Å². The Labute approximate surface area is 131 Å². The summed E-state index contributed by atoms with van der Waals surface area (Å²) in [5.41, 5.74) is 1.13. The SMILES string of the molecule is O=C(O)CC1CCCN(C(=O)CC/C=C/c2ccccc2)C1. The molecule has 22 heavy (non-hydrogen) atoms. The number of benzene rings is 1. The second-order valence-electron chi connectivity index (χ2n) is 5.80. The molecule has 4 nitrogen and oxygen atoms in total. The van der Waals surface area contributed by atoms with Crippen molar-refractivity contribution in [2.24, 2.45) is 5.92 Å². The van der Waals surface area contributed by atoms with Gasteiger partial charge in [0.1, 0.15) is 0 Å². The molecule has 1 saturated heterocycles. The molecule has 1 aliphatic heterocycles. The summed E-state index contributed by atoms with van der Waals surface area (Å²) in [6.07, 6.45) is 7.23. The lowest BCUT2D eigenvalue weighted by Crippen LogP contribution is -2.40. The summed E-state index contributed by atoms with van der Waals surface area (Å²) in [5, 5.41) is 8.86. The van der Waals surface area contributed by atoms with Crippen LogP contribution >= 0.6 is 0 Å². The van der Waals surface area contributed by atoms with Gasteiger partial charge in [-0.15, -0.1) is 0 Å². The molecule has 1 amide bonds. The van der Waals surface area contributed by atoms with Crippen molar-refractivity contribution in [3.05, 3.63) is 42.0 Å². The molecule has 118 valence electrons. The Bertz CT molecular complexity index is 524. The van der Waals surface area contributed by atoms with E-state index >= 15 is 0 Å². The van der Waals surface area contributed by atoms with Gasteiger partial charge >= 0.3 is 5.97 Å². The first-order valence-corrected chi connectivity index (χ1v) is 7.86. The fraction of sp³-hybridized carbons (Fsp3) is 0.444. The molecule has 4 heteroatoms. The van der Waals surface area contributed by atoms with Crippen LogP contribution in [0.2, 0.25) is 0 Å². The molecule has 0 spiro atoms. The van der Waals surface area contributed by atoms with Crippen LogP contribution in [-0.4, -0.2) is 35.0 Å². The van der Waals surface area contributed by atoms with Crippen LogP contribution in [0.1, 0.15) is 37.7 Å². The highest BCUT2D eigenvalue weighted by molar-refractivity contribution is 5.76. The summed E-state index contributed by atoms with van der Waals surface area (Å²) in [6, 6.07) is 10.0. The number of carbonyl (C=O) groups excluding carboxylic acids is 1. The van der Waals surface area contributed by atoms with Crippen LogP contribution in [0, 0.1) is 5.92 Å². The summed E-state index contributed by atoms with van der Waals surface area (Å²) in [4.78, 5) is 24.8. The molecular weight excluding hydrogens is 278 g/mol. The van der Waals surface area contributed by atoms with E-state index in [1.54, 1.807) is 0 Å². The Morgan fingerprint density at radius 1 is 1.27 bits per heavy atom. The van der Waals surface area contributed by atoms with Gasteiger partial charge in [-0.1, -0.05) is 42.5 Å². The molecule has 0 bridgehead atoms. The predicted octanol–water partition coefficient (Wildman–Crippen LogP) is 3.19. The lowest BCUT2D eigenvalue weighted by atomic mass is 9.94. The summed E-state index contributed by atoms with van der Waals surface area (Å²) in [5.74, 6) is -0.534. The Kier molecular flexibility index (Phi) is 6.19. The van der Waals surface area contributed by atoms with E-state index in [1.165, 1.54) is 0 Å². The van der Waals surface area contributed by atoms with Crippen LogP contribution in [0.4, 0.5) is 0 Å². The number of piperidine rings is 1. The van der Waals surface area contributed by atoms with E-state index in [2.05, 4.69) is 0 Å². The molecule has 0 aromatic heterocycles. The number of allylic oxidation sites excluding steroid dienone is 1. The van der Waals surface area contributed by atoms with Crippen LogP contribution in [0.3, 0.4) is 0 Å². The second-order valence-corrected chi connectivity index (χ2v) is 5.80. The number of hydrogen-bond acceptors (Lipinski definition) is 2. The maximum Gasteiger partial charge on any atom is 0.303 e. The zero-order valence-electron chi connectivity index (χ0n) is 12.8. The first-order valence-electron chi connectivity index (χ1n) is 7.86. The van der Waals surface area contributed by atoms with Crippen LogP contribution in [0.25, 0.3) is 6.08 Å². The first kappa shape index (κ1) is 16.3. The van der Waals surface area contributed by atoms with Gasteiger partial charge in [-0.2, -0.15) is 0 Å². The van der Waals surface area contributed by atoms with Crippen molar-refractivity contribution in [2.75, 3.05) is 13.1 Å². The third-order valence-corrected chi connectivity index (χ3v) is 3.97. The van der Waals surface area contributed by atoms with Crippen molar-refractivity contribution < 1.29 is 14.7 Å². The smallest absolute Gasteiger partial charge is 0.303 e. The first-order chi connectivity index (χ1) is 10.6. The average Bonchev–Trinajstić information content (AvgIpc) is 2.52. The van der Waals surface area contributed by atoms with Crippen molar-refractivity contribution in [1.29, 1.82) is 0 Å². The van der Waals surface area contributed by atoms with Gasteiger partial charge in [-0.05, 0) is 30.7 Å². The van der Waals surface area contributed by atoms with Gasteiger partial charge in [0.05, 0.1) is 0 Å². The molecule has 0 radical (unpaired) electrons. The van der Waals surface area contributed by atoms with Crippen LogP contribution < -0.4 is 0 Å². The molecule has 1 heterocycles. The number of hydrogen-bond donors (Lipinski definition) is 1. The van der Waals surface area contributed by atoms with E-state index in [0.29, 0.717) is 19.4 Å². The van der Waals surface area contributed by atoms with Crippen molar-refractivity contribution in [3.8, 4) is 0 Å². The number of carboxylic acids is 1. The largest absolute Gasteiger partial charge is 0.481 e. The molecule has 1 fully saturated rings. The Hall–Kier alpha value is -2.10. The van der Waals surface area contributed by atoms with Crippen LogP contribution in [-0.2, 0) is 9.59 Å². The zero-order valence-corrected chi connectivity index (χ0v) is 12.8. The molecule has 0 saturated carbocycles. The number of aliphatic carboxylic acids is 1. The summed E-state index contributed by atoms with van der Waals surface area (Å²) < 4.78 is 0. The molecular formula is C18H23NO3. The normalized spacial score (nSPS) is 18.5. The standard InChI is InChI=1S/C18H23NO3/c20-17(11-5-4-9-15-7-2-1-3-8-15)19-12-6-10-16(14-19)13-18(21)22/h1-4,7-9,16H,5-6,10-14H2,(H,21,22)/b9-4+. The van der Waals surface area contributed by atoms with Crippen LogP contribution in [0.5, 0.6) is 0 Å². The van der Waals surface area contributed by atoms with Crippen molar-refractivity contribution in [3.63, 3.8) is 0 Å². The van der Waals surface area contributed by atoms with Crippen molar-refractivity contribution in [1.82, 2.24) is 4.90 Å². The number of carboxylic acid groups (broad SMARTS) is 1. The maximum absolute atomic E-state index is 12.2. The van der Waals surface area contributed by atoms with Gasteiger partial charge in [0.25, 0.3) is 0 Å². The minimum absolute atomic E-state index is 0.107. The molecule has 1 aromatic carbocycles. The van der Waals surface area contributed by atoms with E-state index in [4.69, 9.17) is 5.11 Å². The summed E-state index contributed by atoms with van der Waals surface area (Å²) in [7, 11) is 0. The molecule has 1 N–H and O–H groups in total. The summed E-state index contributed by atoms with van der Waals surface area (Å²) in [6.45, 7) is 1.35. The van der Waals surface area contributed by atoms with Gasteiger partial charge in [0.2, 0.25) is 5.91 Å². The van der Waals surface area contributed by atoms with E-state index in [-0.39, 0.29) is 18.2 Å². The Morgan fingerprint density at radius 3 is 2.77 bits per heavy atom. The number of rotatable bonds is 6. The zero-order chi connectivity index (χ0) is 15.8. The monoisotopic (exact) mass is 301 g/mol. The fourth-order valence-electron chi connectivity index (χ4n) is 2.85. The lowest BCUT2D eigenvalue weighted by Gasteiger charge is -2.32. The maximum atomic E-state index is 12.2. The van der Waals surface area contributed by atoms with Crippen molar-refractivity contribution in [2.45, 2.75) is 32.1 Å². The highest BCUT2D eigenvalue weighted by Gasteiger charge is 2.24. The Balaban J connectivity index is 1.74. The minimum Gasteiger partial charge on any atom is -0.481 e. The topological polar surface area (TPSA) is 57.6 Å². The van der Waals surface area contributed by atoms with Gasteiger partial charge in [0.15, 0.2) is 0 Å². The van der Waals surface area contributed by atoms with Gasteiger partial charge in [0, 0.05) is 25.9 Å². The third-order valence-electron chi connectivity index (χ3n) is 3.97. The minimum atomic E-state index is -0.773. The second kappa shape index (κ2) is 8.37. The fourth-order valence-corrected chi connectivity index (χ4v) is 2.85. The Morgan fingerprint density at radius 2 is 2.05 bits per heavy atom. The van der Waals surface area contributed by atoms with E-state index in [0.717, 1.165) is 24.9 Å². The molecule has 0 aliphatic carbocycles. The number of likely N-dealkylation sites (tertiary alicyclic amines) is 1. The average molecular weight is 301 g/mol. The third kappa shape index (κ3) is 5.35. The van der Waals surface area contributed by atoms with E-state index in [9.17, 15) is 9.59 Å². The number of carbonyl (C=O) groups is 2. The highest BCUT2D eigenvalue weighted by atomic mass is 16.4. The predicted molar refractivity (Wildman–Crippen MR) is 86.3 cm³/mol. The van der Waals surface area contributed by atoms with Gasteiger partial charge in [-0.25, -0.2) is 0 Å². The quantitative estimate of drug-likeness (QED) is 0.878. The number of amides is 1. The molecule has 1 atom stereocenters. The summed E-state index contributed by atoms with van der Waals surface area (Å²) >= 11 is 0. The highest BCUT2D eigenvalue weighted by Crippen LogP contribution is 2.20. The molecule has 1 aliphatic rings. The molecule has 1 unspecified atom stereocenters. The van der Waals surface area contributed by atoms with E-state index in [1.807, 2.05) is 47.4 Å². The lowest BCUT2D eigenvalue weighted by molar-refractivity contribution is -0.140. The number of nitrogens with zero attached hydrogens (tertiary/aromatic N) is 1. The van der Waals surface area contributed by atoms with Crippen molar-refractivity contribution >= 4 is 18.0 Å². The van der Waals surface area contributed by atoms with E-state index < -0.39 is 5.97 Å². The molecule has 2 rings (SSSR count). The molecule has 1 aromatic rings. The van der Waals surface area contributed by atoms with Gasteiger partial charge in [-0.3, -0.25) is 9.59 Å².